The SMILES string of the molecule is Cc1c(O)cccc1C(=O)NC(Cc1ccccc1)[C@H](O)C(=O)N1C[C@@H](F)C[C@H]1C(=O)NCCN1CCCC1. The molecule has 2 saturated heterocycles. The summed E-state index contributed by atoms with van der Waals surface area (Å²) in [4.78, 5) is 42.9. The Bertz CT molecular complexity index is 1160. The molecule has 4 N–H and O–H groups in total. The Morgan fingerprint density at radius 1 is 1.08 bits per heavy atom. The molecular formula is C29H37FN4O5. The lowest BCUT2D eigenvalue weighted by Gasteiger charge is -2.30. The summed E-state index contributed by atoms with van der Waals surface area (Å²) in [7, 11) is 0. The van der Waals surface area contributed by atoms with Crippen LogP contribution in [0.3, 0.4) is 0 Å². The van der Waals surface area contributed by atoms with Gasteiger partial charge in [0.2, 0.25) is 5.91 Å². The van der Waals surface area contributed by atoms with E-state index in [1.54, 1.807) is 31.2 Å². The van der Waals surface area contributed by atoms with Gasteiger partial charge in [-0.2, -0.15) is 0 Å². The summed E-state index contributed by atoms with van der Waals surface area (Å²) in [6.07, 6.45) is -0.884. The molecule has 0 spiro atoms. The van der Waals surface area contributed by atoms with Gasteiger partial charge in [-0.3, -0.25) is 14.4 Å². The normalized spacial score (nSPS) is 20.9. The smallest absolute Gasteiger partial charge is 0.254 e. The first-order valence-corrected chi connectivity index (χ1v) is 13.5. The largest absolute Gasteiger partial charge is 0.508 e. The average Bonchev–Trinajstić information content (AvgIpc) is 3.59. The van der Waals surface area contributed by atoms with Crippen molar-refractivity contribution in [3.8, 4) is 5.75 Å². The van der Waals surface area contributed by atoms with Gasteiger partial charge in [0, 0.05) is 30.6 Å². The number of nitrogens with one attached hydrogen (secondary N) is 2. The van der Waals surface area contributed by atoms with Gasteiger partial charge in [-0.15, -0.1) is 0 Å². The molecule has 4 atom stereocenters. The van der Waals surface area contributed by atoms with Crippen molar-refractivity contribution in [2.45, 2.75) is 57.0 Å². The third-order valence-corrected chi connectivity index (χ3v) is 7.56. The van der Waals surface area contributed by atoms with Crippen molar-refractivity contribution in [1.29, 1.82) is 0 Å². The summed E-state index contributed by atoms with van der Waals surface area (Å²) in [5.41, 5.74) is 1.33. The minimum Gasteiger partial charge on any atom is -0.508 e. The molecule has 9 nitrogen and oxygen atoms in total. The van der Waals surface area contributed by atoms with Crippen molar-refractivity contribution >= 4 is 17.7 Å². The third kappa shape index (κ3) is 7.13. The van der Waals surface area contributed by atoms with E-state index in [0.29, 0.717) is 18.7 Å². The van der Waals surface area contributed by atoms with Crippen molar-refractivity contribution in [2.24, 2.45) is 0 Å². The molecule has 4 rings (SSSR count). The van der Waals surface area contributed by atoms with Crippen LogP contribution in [0.15, 0.2) is 48.5 Å². The molecule has 39 heavy (non-hydrogen) atoms. The Morgan fingerprint density at radius 3 is 2.51 bits per heavy atom. The van der Waals surface area contributed by atoms with E-state index in [1.807, 2.05) is 6.07 Å². The zero-order valence-corrected chi connectivity index (χ0v) is 22.2. The van der Waals surface area contributed by atoms with Crippen LogP contribution in [0.5, 0.6) is 5.75 Å². The van der Waals surface area contributed by atoms with E-state index >= 15 is 0 Å². The monoisotopic (exact) mass is 540 g/mol. The van der Waals surface area contributed by atoms with Crippen LogP contribution in [-0.4, -0.2) is 94.8 Å². The number of aromatic hydroxyl groups is 1. The molecule has 1 unspecified atom stereocenters. The first-order chi connectivity index (χ1) is 18.7. The molecule has 0 radical (unpaired) electrons. The number of alkyl halides is 1. The van der Waals surface area contributed by atoms with Crippen LogP contribution in [0.4, 0.5) is 4.39 Å². The molecule has 2 aliphatic rings. The fourth-order valence-corrected chi connectivity index (χ4v) is 5.31. The average molecular weight is 541 g/mol. The van der Waals surface area contributed by atoms with Gasteiger partial charge < -0.3 is 30.6 Å². The number of aliphatic hydroxyl groups excluding tert-OH is 1. The second-order valence-corrected chi connectivity index (χ2v) is 10.3. The summed E-state index contributed by atoms with van der Waals surface area (Å²) in [5, 5.41) is 26.8. The van der Waals surface area contributed by atoms with Crippen LogP contribution >= 0.6 is 0 Å². The van der Waals surface area contributed by atoms with E-state index in [9.17, 15) is 29.0 Å². The lowest BCUT2D eigenvalue weighted by molar-refractivity contribution is -0.146. The number of nitrogens with zero attached hydrogens (tertiary/aromatic N) is 2. The zero-order valence-electron chi connectivity index (χ0n) is 22.2. The Labute approximate surface area is 228 Å². The lowest BCUT2D eigenvalue weighted by atomic mass is 9.98. The number of halogens is 1. The molecule has 0 aliphatic carbocycles. The summed E-state index contributed by atoms with van der Waals surface area (Å²) < 4.78 is 14.5. The van der Waals surface area contributed by atoms with Crippen LogP contribution in [0.2, 0.25) is 0 Å². The predicted octanol–water partition coefficient (Wildman–Crippen LogP) is 1.55. The number of phenolic OH excluding ortho intramolecular Hbond substituents is 1. The summed E-state index contributed by atoms with van der Waals surface area (Å²) in [5.74, 6) is -1.89. The molecular weight excluding hydrogens is 503 g/mol. The number of rotatable bonds is 10. The van der Waals surface area contributed by atoms with Gasteiger partial charge in [0.25, 0.3) is 11.8 Å². The van der Waals surface area contributed by atoms with Gasteiger partial charge in [-0.25, -0.2) is 4.39 Å². The number of benzene rings is 2. The summed E-state index contributed by atoms with van der Waals surface area (Å²) in [6.45, 7) is 4.34. The second kappa shape index (κ2) is 13.0. The van der Waals surface area contributed by atoms with Crippen molar-refractivity contribution in [3.05, 3.63) is 65.2 Å². The van der Waals surface area contributed by atoms with Gasteiger partial charge >= 0.3 is 0 Å². The fraction of sp³-hybridized carbons (Fsp3) is 0.483. The maximum Gasteiger partial charge on any atom is 0.254 e. The number of aliphatic hydroxyl groups is 1. The highest BCUT2D eigenvalue weighted by Gasteiger charge is 2.43. The topological polar surface area (TPSA) is 122 Å². The molecule has 0 saturated carbocycles. The maximum atomic E-state index is 14.5. The van der Waals surface area contributed by atoms with Crippen LogP contribution in [0, 0.1) is 6.92 Å². The Hall–Kier alpha value is -3.50. The second-order valence-electron chi connectivity index (χ2n) is 10.3. The quantitative estimate of drug-likeness (QED) is 0.363. The highest BCUT2D eigenvalue weighted by molar-refractivity contribution is 5.97. The van der Waals surface area contributed by atoms with E-state index in [1.165, 1.54) is 18.2 Å². The molecule has 2 aliphatic heterocycles. The van der Waals surface area contributed by atoms with Crippen molar-refractivity contribution in [3.63, 3.8) is 0 Å². The third-order valence-electron chi connectivity index (χ3n) is 7.56. The highest BCUT2D eigenvalue weighted by atomic mass is 19.1. The molecule has 0 aromatic heterocycles. The van der Waals surface area contributed by atoms with Crippen LogP contribution in [-0.2, 0) is 16.0 Å². The van der Waals surface area contributed by atoms with Crippen LogP contribution in [0.25, 0.3) is 0 Å². The van der Waals surface area contributed by atoms with E-state index in [-0.39, 0.29) is 30.7 Å². The van der Waals surface area contributed by atoms with E-state index in [4.69, 9.17) is 0 Å². The molecule has 0 bridgehead atoms. The standard InChI is InChI=1S/C29H37FN4O5/c1-19-22(10-7-11-25(19)35)27(37)32-23(16-20-8-3-2-4-9-20)26(36)29(39)34-18-21(30)17-24(34)28(38)31-12-15-33-13-5-6-14-33/h2-4,7-11,21,23-24,26,35-36H,5-6,12-18H2,1H3,(H,31,38)(H,32,37)/t21-,23?,24-,26-/m0/s1. The first kappa shape index (κ1) is 28.5. The Balaban J connectivity index is 1.48. The van der Waals surface area contributed by atoms with Crippen molar-refractivity contribution < 1.29 is 29.0 Å². The molecule has 2 aromatic carbocycles. The molecule has 2 aromatic rings. The number of hydrogen-bond acceptors (Lipinski definition) is 6. The van der Waals surface area contributed by atoms with Gasteiger partial charge in [-0.1, -0.05) is 36.4 Å². The van der Waals surface area contributed by atoms with E-state index in [2.05, 4.69) is 15.5 Å². The predicted molar refractivity (Wildman–Crippen MR) is 144 cm³/mol. The lowest BCUT2D eigenvalue weighted by Crippen LogP contribution is -2.56. The Kier molecular flexibility index (Phi) is 9.53. The number of phenols is 1. The van der Waals surface area contributed by atoms with Gasteiger partial charge in [0.1, 0.15) is 18.0 Å². The first-order valence-electron chi connectivity index (χ1n) is 13.5. The summed E-state index contributed by atoms with van der Waals surface area (Å²) >= 11 is 0. The molecule has 3 amide bonds. The molecule has 10 heteroatoms. The molecule has 2 fully saturated rings. The number of carbonyl (C=O) groups excluding carboxylic acids is 3. The van der Waals surface area contributed by atoms with E-state index in [0.717, 1.165) is 36.4 Å². The van der Waals surface area contributed by atoms with Crippen molar-refractivity contribution in [1.82, 2.24) is 20.4 Å². The van der Waals surface area contributed by atoms with Gasteiger partial charge in [0.15, 0.2) is 6.10 Å². The summed E-state index contributed by atoms with van der Waals surface area (Å²) in [6, 6.07) is 11.5. The van der Waals surface area contributed by atoms with E-state index < -0.39 is 42.1 Å². The highest BCUT2D eigenvalue weighted by Crippen LogP contribution is 2.24. The number of carbonyl (C=O) groups is 3. The fourth-order valence-electron chi connectivity index (χ4n) is 5.31. The maximum absolute atomic E-state index is 14.5. The number of amides is 3. The number of hydrogen-bond donors (Lipinski definition) is 4. The van der Waals surface area contributed by atoms with Crippen LogP contribution < -0.4 is 10.6 Å². The van der Waals surface area contributed by atoms with Crippen molar-refractivity contribution in [2.75, 3.05) is 32.7 Å². The minimum absolute atomic E-state index is 0.0523. The minimum atomic E-state index is -1.73. The van der Waals surface area contributed by atoms with Gasteiger partial charge in [-0.05, 0) is 57.0 Å². The molecule has 2 heterocycles. The zero-order chi connectivity index (χ0) is 27.9. The van der Waals surface area contributed by atoms with Gasteiger partial charge in [0.05, 0.1) is 12.6 Å². The van der Waals surface area contributed by atoms with Crippen LogP contribution in [0.1, 0.15) is 40.7 Å². The molecule has 210 valence electrons. The Morgan fingerprint density at radius 2 is 1.79 bits per heavy atom. The number of likely N-dealkylation sites (tertiary alicyclic amines) is 2.